The number of likely N-dealkylation sites (N-methyl/N-ethyl adjacent to an activating group) is 1. The quantitative estimate of drug-likeness (QED) is 0.780. The lowest BCUT2D eigenvalue weighted by Gasteiger charge is -2.24. The fourth-order valence-corrected chi connectivity index (χ4v) is 2.19. The lowest BCUT2D eigenvalue weighted by Crippen LogP contribution is -2.34. The number of aromatic nitrogens is 1. The van der Waals surface area contributed by atoms with Crippen molar-refractivity contribution in [3.63, 3.8) is 0 Å². The maximum Gasteiger partial charge on any atom is 0.213 e. The lowest BCUT2D eigenvalue weighted by atomic mass is 10.1. The number of hydrogen-bond acceptors (Lipinski definition) is 3. The molecule has 0 saturated carbocycles. The van der Waals surface area contributed by atoms with E-state index in [4.69, 9.17) is 16.3 Å². The van der Waals surface area contributed by atoms with Crippen molar-refractivity contribution in [1.29, 1.82) is 0 Å². The molecule has 4 heteroatoms. The zero-order valence-corrected chi connectivity index (χ0v) is 13.3. The molecule has 2 aromatic rings. The fraction of sp³-hybridized carbons (Fsp3) is 0.353. The number of ether oxygens (including phenoxy) is 1. The summed E-state index contributed by atoms with van der Waals surface area (Å²) in [5.41, 5.74) is 1.36. The van der Waals surface area contributed by atoms with E-state index in [-0.39, 0.29) is 0 Å². The van der Waals surface area contributed by atoms with Crippen LogP contribution in [0.2, 0.25) is 5.02 Å². The van der Waals surface area contributed by atoms with Gasteiger partial charge in [0.25, 0.3) is 0 Å². The van der Waals surface area contributed by atoms with Gasteiger partial charge in [-0.3, -0.25) is 4.90 Å². The van der Waals surface area contributed by atoms with Gasteiger partial charge in [0.05, 0.1) is 5.02 Å². The first-order valence-electron chi connectivity index (χ1n) is 7.13. The van der Waals surface area contributed by atoms with Crippen molar-refractivity contribution in [1.82, 2.24) is 9.88 Å². The van der Waals surface area contributed by atoms with Crippen LogP contribution in [0.1, 0.15) is 12.5 Å². The Kier molecular flexibility index (Phi) is 6.03. The van der Waals surface area contributed by atoms with Gasteiger partial charge < -0.3 is 4.74 Å². The summed E-state index contributed by atoms with van der Waals surface area (Å²) in [6.07, 6.45) is 2.63. The highest BCUT2D eigenvalue weighted by molar-refractivity contribution is 6.30. The number of rotatable bonds is 7. The molecule has 1 unspecified atom stereocenters. The topological polar surface area (TPSA) is 25.4 Å². The average Bonchev–Trinajstić information content (AvgIpc) is 2.50. The van der Waals surface area contributed by atoms with Gasteiger partial charge in [0.1, 0.15) is 6.61 Å². The first-order chi connectivity index (χ1) is 10.1. The molecular weight excluding hydrogens is 284 g/mol. The third kappa shape index (κ3) is 5.37. The van der Waals surface area contributed by atoms with Gasteiger partial charge in [-0.15, -0.1) is 0 Å². The van der Waals surface area contributed by atoms with Gasteiger partial charge in [-0.25, -0.2) is 4.98 Å². The van der Waals surface area contributed by atoms with E-state index in [0.717, 1.165) is 13.0 Å². The van der Waals surface area contributed by atoms with Crippen molar-refractivity contribution in [2.75, 3.05) is 20.2 Å². The van der Waals surface area contributed by atoms with Gasteiger partial charge in [0, 0.05) is 24.8 Å². The summed E-state index contributed by atoms with van der Waals surface area (Å²) >= 11 is 5.79. The highest BCUT2D eigenvalue weighted by atomic mass is 35.5. The summed E-state index contributed by atoms with van der Waals surface area (Å²) < 4.78 is 5.62. The molecule has 1 aromatic heterocycles. The molecule has 0 saturated heterocycles. The number of benzene rings is 1. The van der Waals surface area contributed by atoms with E-state index in [1.54, 1.807) is 18.3 Å². The first kappa shape index (κ1) is 15.8. The molecule has 0 spiro atoms. The maximum absolute atomic E-state index is 5.79. The van der Waals surface area contributed by atoms with Crippen LogP contribution in [0.3, 0.4) is 0 Å². The molecular formula is C17H21ClN2O. The van der Waals surface area contributed by atoms with Gasteiger partial charge in [-0.1, -0.05) is 41.9 Å². The summed E-state index contributed by atoms with van der Waals surface area (Å²) in [5.74, 6) is 0.614. The second-order valence-corrected chi connectivity index (χ2v) is 5.62. The van der Waals surface area contributed by atoms with Gasteiger partial charge in [-0.05, 0) is 32.0 Å². The third-order valence-corrected chi connectivity index (χ3v) is 3.74. The van der Waals surface area contributed by atoms with E-state index in [1.165, 1.54) is 5.56 Å². The number of hydrogen-bond donors (Lipinski definition) is 0. The van der Waals surface area contributed by atoms with Crippen LogP contribution in [-0.4, -0.2) is 36.1 Å². The van der Waals surface area contributed by atoms with Crippen molar-refractivity contribution in [2.24, 2.45) is 0 Å². The zero-order valence-electron chi connectivity index (χ0n) is 12.5. The molecule has 0 amide bonds. The fourth-order valence-electron chi connectivity index (χ4n) is 2.07. The highest BCUT2D eigenvalue weighted by Gasteiger charge is 2.10. The zero-order chi connectivity index (χ0) is 15.1. The summed E-state index contributed by atoms with van der Waals surface area (Å²) in [7, 11) is 2.12. The van der Waals surface area contributed by atoms with Crippen LogP contribution < -0.4 is 4.74 Å². The molecule has 3 nitrogen and oxygen atoms in total. The van der Waals surface area contributed by atoms with E-state index in [1.807, 2.05) is 6.07 Å². The van der Waals surface area contributed by atoms with Crippen molar-refractivity contribution >= 4 is 11.6 Å². The third-order valence-electron chi connectivity index (χ3n) is 3.52. The van der Waals surface area contributed by atoms with Crippen molar-refractivity contribution in [3.8, 4) is 5.88 Å². The molecule has 0 aliphatic heterocycles. The largest absolute Gasteiger partial charge is 0.476 e. The van der Waals surface area contributed by atoms with Gasteiger partial charge in [0.2, 0.25) is 5.88 Å². The minimum atomic E-state index is 0.467. The molecule has 2 rings (SSSR count). The number of nitrogens with zero attached hydrogens (tertiary/aromatic N) is 2. The maximum atomic E-state index is 5.79. The van der Waals surface area contributed by atoms with Gasteiger partial charge in [-0.2, -0.15) is 0 Å². The Bertz CT molecular complexity index is 530. The molecule has 1 atom stereocenters. The van der Waals surface area contributed by atoms with Crippen LogP contribution in [0.25, 0.3) is 0 Å². The van der Waals surface area contributed by atoms with E-state index >= 15 is 0 Å². The highest BCUT2D eigenvalue weighted by Crippen LogP contribution is 2.12. The van der Waals surface area contributed by atoms with Gasteiger partial charge in [0.15, 0.2) is 0 Å². The summed E-state index contributed by atoms with van der Waals surface area (Å²) in [6, 6.07) is 14.6. The molecule has 21 heavy (non-hydrogen) atoms. The molecule has 1 heterocycles. The van der Waals surface area contributed by atoms with E-state index in [0.29, 0.717) is 23.6 Å². The predicted molar refractivity (Wildman–Crippen MR) is 87.0 cm³/mol. The smallest absolute Gasteiger partial charge is 0.213 e. The Morgan fingerprint density at radius 3 is 2.62 bits per heavy atom. The average molecular weight is 305 g/mol. The summed E-state index contributed by atoms with van der Waals surface area (Å²) in [4.78, 5) is 6.41. The van der Waals surface area contributed by atoms with E-state index in [2.05, 4.69) is 48.1 Å². The molecule has 112 valence electrons. The molecule has 0 aliphatic rings. The second-order valence-electron chi connectivity index (χ2n) is 5.18. The standard InChI is InChI=1S/C17H21ClN2O/c1-14(12-15-6-4-3-5-7-15)20(2)10-11-21-17-9-8-16(18)13-19-17/h3-9,13-14H,10-12H2,1-2H3. The van der Waals surface area contributed by atoms with Crippen molar-refractivity contribution in [3.05, 3.63) is 59.2 Å². The van der Waals surface area contributed by atoms with Crippen LogP contribution in [0, 0.1) is 0 Å². The molecule has 0 aliphatic carbocycles. The lowest BCUT2D eigenvalue weighted by molar-refractivity contribution is 0.195. The molecule has 0 N–H and O–H groups in total. The minimum absolute atomic E-state index is 0.467. The minimum Gasteiger partial charge on any atom is -0.476 e. The number of halogens is 1. The van der Waals surface area contributed by atoms with Crippen LogP contribution in [0.5, 0.6) is 5.88 Å². The first-order valence-corrected chi connectivity index (χ1v) is 7.51. The van der Waals surface area contributed by atoms with Crippen LogP contribution in [-0.2, 0) is 6.42 Å². The monoisotopic (exact) mass is 304 g/mol. The van der Waals surface area contributed by atoms with E-state index < -0.39 is 0 Å². The summed E-state index contributed by atoms with van der Waals surface area (Å²) in [5, 5.41) is 0.621. The Hall–Kier alpha value is -1.58. The molecule has 0 radical (unpaired) electrons. The second kappa shape index (κ2) is 8.01. The van der Waals surface area contributed by atoms with E-state index in [9.17, 15) is 0 Å². The van der Waals surface area contributed by atoms with Crippen LogP contribution in [0.15, 0.2) is 48.7 Å². The van der Waals surface area contributed by atoms with Crippen LogP contribution in [0.4, 0.5) is 0 Å². The SMILES string of the molecule is CC(Cc1ccccc1)N(C)CCOc1ccc(Cl)cn1. The normalized spacial score (nSPS) is 12.4. The Morgan fingerprint density at radius 2 is 1.95 bits per heavy atom. The van der Waals surface area contributed by atoms with Gasteiger partial charge >= 0.3 is 0 Å². The summed E-state index contributed by atoms with van der Waals surface area (Å²) in [6.45, 7) is 3.70. The Balaban J connectivity index is 1.73. The van der Waals surface area contributed by atoms with Crippen molar-refractivity contribution < 1.29 is 4.74 Å². The molecule has 0 bridgehead atoms. The Morgan fingerprint density at radius 1 is 1.19 bits per heavy atom. The predicted octanol–water partition coefficient (Wildman–Crippen LogP) is 3.68. The van der Waals surface area contributed by atoms with Crippen LogP contribution >= 0.6 is 11.6 Å². The van der Waals surface area contributed by atoms with Crippen molar-refractivity contribution in [2.45, 2.75) is 19.4 Å². The molecule has 0 fully saturated rings. The molecule has 1 aromatic carbocycles. The Labute approximate surface area is 131 Å². The number of pyridine rings is 1.